The van der Waals surface area contributed by atoms with Crippen molar-refractivity contribution in [2.75, 3.05) is 38.5 Å². The molecule has 4 rings (SSSR count). The molecule has 8 nitrogen and oxygen atoms in total. The molecule has 2 aromatic carbocycles. The first-order chi connectivity index (χ1) is 16.3. The van der Waals surface area contributed by atoms with Crippen LogP contribution in [-0.4, -0.2) is 57.4 Å². The van der Waals surface area contributed by atoms with Gasteiger partial charge in [-0.05, 0) is 61.5 Å². The molecule has 1 fully saturated rings. The van der Waals surface area contributed by atoms with E-state index in [4.69, 9.17) is 4.42 Å². The van der Waals surface area contributed by atoms with Crippen LogP contribution in [0, 0.1) is 6.92 Å². The molecule has 1 aliphatic rings. The molecule has 2 N–H and O–H groups in total. The molecule has 0 bridgehead atoms. The molecular weight excluding hydrogens is 452 g/mol. The van der Waals surface area contributed by atoms with E-state index in [1.807, 2.05) is 18.2 Å². The number of piperazine rings is 1. The van der Waals surface area contributed by atoms with E-state index in [2.05, 4.69) is 33.0 Å². The summed E-state index contributed by atoms with van der Waals surface area (Å²) in [5, 5.41) is 2.92. The van der Waals surface area contributed by atoms with E-state index in [-0.39, 0.29) is 17.3 Å². The summed E-state index contributed by atoms with van der Waals surface area (Å²) in [6.07, 6.45) is 1.48. The SMILES string of the molecule is Cc1ccc(S(=O)(=O)NCc2ccco2)cc1C(=O)Nc1cccc(CN2CCN(C)CC2)c1. The number of amides is 1. The number of furan rings is 1. The third-order valence-electron chi connectivity index (χ3n) is 5.97. The Kier molecular flexibility index (Phi) is 7.47. The van der Waals surface area contributed by atoms with Gasteiger partial charge in [0.15, 0.2) is 0 Å². The Morgan fingerprint density at radius 1 is 1.03 bits per heavy atom. The van der Waals surface area contributed by atoms with Gasteiger partial charge in [0.1, 0.15) is 5.76 Å². The zero-order valence-electron chi connectivity index (χ0n) is 19.5. The Morgan fingerprint density at radius 3 is 2.56 bits per heavy atom. The maximum absolute atomic E-state index is 13.0. The fraction of sp³-hybridized carbons (Fsp3) is 0.320. The minimum absolute atomic E-state index is 0.0265. The highest BCUT2D eigenvalue weighted by atomic mass is 32.2. The molecule has 180 valence electrons. The third-order valence-corrected chi connectivity index (χ3v) is 7.37. The number of aryl methyl sites for hydroxylation is 1. The van der Waals surface area contributed by atoms with Gasteiger partial charge < -0.3 is 14.6 Å². The number of anilines is 1. The second-order valence-corrected chi connectivity index (χ2v) is 10.4. The van der Waals surface area contributed by atoms with Crippen molar-refractivity contribution in [1.29, 1.82) is 0 Å². The van der Waals surface area contributed by atoms with Gasteiger partial charge in [-0.2, -0.15) is 0 Å². The first-order valence-corrected chi connectivity index (χ1v) is 12.7. The number of hydrogen-bond donors (Lipinski definition) is 2. The molecule has 1 aromatic heterocycles. The van der Waals surface area contributed by atoms with Gasteiger partial charge in [-0.3, -0.25) is 9.69 Å². The molecule has 0 radical (unpaired) electrons. The fourth-order valence-electron chi connectivity index (χ4n) is 3.89. The number of nitrogens with one attached hydrogen (secondary N) is 2. The minimum Gasteiger partial charge on any atom is -0.468 e. The first kappa shape index (κ1) is 24.2. The summed E-state index contributed by atoms with van der Waals surface area (Å²) < 4.78 is 33.1. The first-order valence-electron chi connectivity index (χ1n) is 11.2. The average molecular weight is 483 g/mol. The van der Waals surface area contributed by atoms with Gasteiger partial charge in [-0.1, -0.05) is 18.2 Å². The minimum atomic E-state index is -3.81. The summed E-state index contributed by atoms with van der Waals surface area (Å²) in [5.74, 6) is 0.155. The van der Waals surface area contributed by atoms with Gasteiger partial charge in [0.2, 0.25) is 10.0 Å². The normalized spacial score (nSPS) is 15.4. The quantitative estimate of drug-likeness (QED) is 0.513. The van der Waals surface area contributed by atoms with E-state index >= 15 is 0 Å². The topological polar surface area (TPSA) is 94.9 Å². The van der Waals surface area contributed by atoms with Crippen LogP contribution in [0.25, 0.3) is 0 Å². The highest BCUT2D eigenvalue weighted by Gasteiger charge is 2.19. The number of likely N-dealkylation sites (N-methyl/N-ethyl adjacent to an activating group) is 1. The molecule has 0 unspecified atom stereocenters. The number of hydrogen-bond acceptors (Lipinski definition) is 6. The van der Waals surface area contributed by atoms with Gasteiger partial charge in [-0.15, -0.1) is 0 Å². The van der Waals surface area contributed by atoms with E-state index in [1.54, 1.807) is 25.1 Å². The second-order valence-electron chi connectivity index (χ2n) is 8.61. The Hall–Kier alpha value is -2.98. The highest BCUT2D eigenvalue weighted by Crippen LogP contribution is 2.19. The largest absolute Gasteiger partial charge is 0.468 e. The van der Waals surface area contributed by atoms with Crippen molar-refractivity contribution in [2.24, 2.45) is 0 Å². The Labute approximate surface area is 200 Å². The summed E-state index contributed by atoms with van der Waals surface area (Å²) in [6.45, 7) is 6.77. The van der Waals surface area contributed by atoms with E-state index in [9.17, 15) is 13.2 Å². The van der Waals surface area contributed by atoms with Crippen LogP contribution in [0.4, 0.5) is 5.69 Å². The molecule has 1 aliphatic heterocycles. The molecule has 1 amide bonds. The second kappa shape index (κ2) is 10.5. The summed E-state index contributed by atoms with van der Waals surface area (Å²) in [6, 6.07) is 15.7. The molecule has 0 aliphatic carbocycles. The van der Waals surface area contributed by atoms with E-state index in [1.165, 1.54) is 18.4 Å². The lowest BCUT2D eigenvalue weighted by atomic mass is 10.1. The molecule has 0 saturated carbocycles. The summed E-state index contributed by atoms with van der Waals surface area (Å²) in [5.41, 5.74) is 2.80. The molecule has 0 atom stereocenters. The van der Waals surface area contributed by atoms with E-state index in [0.717, 1.165) is 38.3 Å². The number of rotatable bonds is 8. The number of benzene rings is 2. The van der Waals surface area contributed by atoms with E-state index in [0.29, 0.717) is 22.6 Å². The van der Waals surface area contributed by atoms with Crippen molar-refractivity contribution in [1.82, 2.24) is 14.5 Å². The average Bonchev–Trinajstić information content (AvgIpc) is 3.34. The molecule has 2 heterocycles. The molecule has 3 aromatic rings. The number of sulfonamides is 1. The van der Waals surface area contributed by atoms with Crippen molar-refractivity contribution < 1.29 is 17.6 Å². The van der Waals surface area contributed by atoms with Gasteiger partial charge in [0, 0.05) is 44.0 Å². The van der Waals surface area contributed by atoms with Crippen LogP contribution in [0.2, 0.25) is 0 Å². The van der Waals surface area contributed by atoms with Crippen molar-refractivity contribution >= 4 is 21.6 Å². The van der Waals surface area contributed by atoms with Crippen molar-refractivity contribution in [2.45, 2.75) is 24.9 Å². The predicted octanol–water partition coefficient (Wildman–Crippen LogP) is 3.07. The van der Waals surface area contributed by atoms with Crippen molar-refractivity contribution in [3.8, 4) is 0 Å². The Balaban J connectivity index is 1.44. The predicted molar refractivity (Wildman–Crippen MR) is 131 cm³/mol. The Morgan fingerprint density at radius 2 is 1.82 bits per heavy atom. The number of nitrogens with zero attached hydrogens (tertiary/aromatic N) is 2. The lowest BCUT2D eigenvalue weighted by molar-refractivity contribution is 0.102. The summed E-state index contributed by atoms with van der Waals surface area (Å²) in [7, 11) is -1.68. The molecule has 34 heavy (non-hydrogen) atoms. The van der Waals surface area contributed by atoms with Crippen LogP contribution in [0.5, 0.6) is 0 Å². The number of carbonyl (C=O) groups excluding carboxylic acids is 1. The van der Waals surface area contributed by atoms with Crippen LogP contribution in [-0.2, 0) is 23.1 Å². The lowest BCUT2D eigenvalue weighted by Gasteiger charge is -2.32. The zero-order valence-corrected chi connectivity index (χ0v) is 20.3. The fourth-order valence-corrected chi connectivity index (χ4v) is 4.90. The molecule has 0 spiro atoms. The smallest absolute Gasteiger partial charge is 0.255 e. The summed E-state index contributed by atoms with van der Waals surface area (Å²) in [4.78, 5) is 17.8. The van der Waals surface area contributed by atoms with Gasteiger partial charge in [0.05, 0.1) is 17.7 Å². The summed E-state index contributed by atoms with van der Waals surface area (Å²) >= 11 is 0. The van der Waals surface area contributed by atoms with Crippen LogP contribution < -0.4 is 10.0 Å². The lowest BCUT2D eigenvalue weighted by Crippen LogP contribution is -2.43. The highest BCUT2D eigenvalue weighted by molar-refractivity contribution is 7.89. The van der Waals surface area contributed by atoms with Gasteiger partial charge >= 0.3 is 0 Å². The van der Waals surface area contributed by atoms with Gasteiger partial charge in [-0.25, -0.2) is 13.1 Å². The molecular formula is C25H30N4O4S. The standard InChI is InChI=1S/C25H30N4O4S/c1-19-8-9-23(34(31,32)26-17-22-7-4-14-33-22)16-24(19)25(30)27-21-6-3-5-20(15-21)18-29-12-10-28(2)11-13-29/h3-9,14-16,26H,10-13,17-18H2,1-2H3,(H,27,30). The third kappa shape index (κ3) is 6.12. The maximum atomic E-state index is 13.0. The zero-order chi connectivity index (χ0) is 24.1. The van der Waals surface area contributed by atoms with Crippen LogP contribution in [0.15, 0.2) is 70.2 Å². The van der Waals surface area contributed by atoms with Crippen LogP contribution in [0.3, 0.4) is 0 Å². The maximum Gasteiger partial charge on any atom is 0.255 e. The van der Waals surface area contributed by atoms with Crippen molar-refractivity contribution in [3.05, 3.63) is 83.3 Å². The Bertz CT molecular complexity index is 1230. The van der Waals surface area contributed by atoms with E-state index < -0.39 is 10.0 Å². The van der Waals surface area contributed by atoms with Crippen molar-refractivity contribution in [3.63, 3.8) is 0 Å². The van der Waals surface area contributed by atoms with Gasteiger partial charge in [0.25, 0.3) is 5.91 Å². The molecule has 1 saturated heterocycles. The number of carbonyl (C=O) groups is 1. The monoisotopic (exact) mass is 482 g/mol. The van der Waals surface area contributed by atoms with Crippen LogP contribution >= 0.6 is 0 Å². The molecule has 9 heteroatoms. The van der Waals surface area contributed by atoms with Crippen LogP contribution in [0.1, 0.15) is 27.2 Å².